The number of ether oxygens (including phenoxy) is 1. The molecule has 4 heteroatoms. The van der Waals surface area contributed by atoms with Crippen LogP contribution in [0.2, 0.25) is 0 Å². The van der Waals surface area contributed by atoms with E-state index >= 15 is 0 Å². The van der Waals surface area contributed by atoms with E-state index in [1.165, 1.54) is 0 Å². The van der Waals surface area contributed by atoms with E-state index in [0.29, 0.717) is 23.3 Å². The summed E-state index contributed by atoms with van der Waals surface area (Å²) < 4.78 is 7.15. The second-order valence-corrected chi connectivity index (χ2v) is 4.57. The van der Waals surface area contributed by atoms with Crippen LogP contribution >= 0.6 is 0 Å². The minimum Gasteiger partial charge on any atom is -0.492 e. The van der Waals surface area contributed by atoms with Gasteiger partial charge in [0.25, 0.3) is 5.56 Å². The third-order valence-electron chi connectivity index (χ3n) is 2.92. The van der Waals surface area contributed by atoms with Gasteiger partial charge in [-0.3, -0.25) is 9.36 Å². The highest BCUT2D eigenvalue weighted by atomic mass is 16.5. The molecular weight excluding hydrogens is 228 g/mol. The molecule has 1 aromatic carbocycles. The highest BCUT2D eigenvalue weighted by Crippen LogP contribution is 2.23. The number of benzene rings is 1. The maximum absolute atomic E-state index is 12.3. The minimum absolute atomic E-state index is 0.0229. The van der Waals surface area contributed by atoms with Crippen LogP contribution in [-0.2, 0) is 7.05 Å². The van der Waals surface area contributed by atoms with Gasteiger partial charge in [-0.15, -0.1) is 0 Å². The van der Waals surface area contributed by atoms with Gasteiger partial charge in [0, 0.05) is 13.0 Å². The van der Waals surface area contributed by atoms with Crippen LogP contribution < -0.4 is 10.3 Å². The van der Waals surface area contributed by atoms with Crippen LogP contribution in [0.25, 0.3) is 10.9 Å². The Kier molecular flexibility index (Phi) is 3.36. The lowest BCUT2D eigenvalue weighted by Gasteiger charge is -2.13. The SMILES string of the molecule is CCOc1cccc2c(=O)n(C)c(C(C)C)nc12. The number of rotatable bonds is 3. The molecule has 1 aromatic heterocycles. The molecule has 1 heterocycles. The molecule has 0 spiro atoms. The zero-order chi connectivity index (χ0) is 13.3. The van der Waals surface area contributed by atoms with Crippen molar-refractivity contribution in [3.05, 3.63) is 34.4 Å². The molecule has 18 heavy (non-hydrogen) atoms. The molecule has 0 bridgehead atoms. The Bertz CT molecular complexity index is 629. The zero-order valence-corrected chi connectivity index (χ0v) is 11.2. The average molecular weight is 246 g/mol. The van der Waals surface area contributed by atoms with Gasteiger partial charge in [-0.05, 0) is 19.1 Å². The molecule has 96 valence electrons. The van der Waals surface area contributed by atoms with Crippen molar-refractivity contribution in [1.82, 2.24) is 9.55 Å². The normalized spacial score (nSPS) is 11.2. The van der Waals surface area contributed by atoms with Gasteiger partial charge in [0.1, 0.15) is 17.1 Å². The minimum atomic E-state index is -0.0229. The molecule has 0 amide bonds. The third-order valence-corrected chi connectivity index (χ3v) is 2.92. The lowest BCUT2D eigenvalue weighted by molar-refractivity contribution is 0.343. The van der Waals surface area contributed by atoms with Crippen LogP contribution in [-0.4, -0.2) is 16.2 Å². The molecule has 0 saturated heterocycles. The highest BCUT2D eigenvalue weighted by Gasteiger charge is 2.13. The Morgan fingerprint density at radius 1 is 1.39 bits per heavy atom. The van der Waals surface area contributed by atoms with Crippen molar-refractivity contribution >= 4 is 10.9 Å². The number of hydrogen-bond acceptors (Lipinski definition) is 3. The first-order valence-corrected chi connectivity index (χ1v) is 6.18. The van der Waals surface area contributed by atoms with E-state index < -0.39 is 0 Å². The van der Waals surface area contributed by atoms with Crippen LogP contribution in [0.5, 0.6) is 5.75 Å². The first-order chi connectivity index (χ1) is 8.56. The molecule has 0 radical (unpaired) electrons. The maximum atomic E-state index is 12.3. The van der Waals surface area contributed by atoms with E-state index in [0.717, 1.165) is 5.82 Å². The van der Waals surface area contributed by atoms with Gasteiger partial charge in [-0.2, -0.15) is 0 Å². The molecule has 0 saturated carbocycles. The summed E-state index contributed by atoms with van der Waals surface area (Å²) in [7, 11) is 1.76. The first kappa shape index (κ1) is 12.6. The van der Waals surface area contributed by atoms with Gasteiger partial charge in [0.05, 0.1) is 12.0 Å². The first-order valence-electron chi connectivity index (χ1n) is 6.18. The van der Waals surface area contributed by atoms with Crippen molar-refractivity contribution in [1.29, 1.82) is 0 Å². The average Bonchev–Trinajstić information content (AvgIpc) is 2.34. The smallest absolute Gasteiger partial charge is 0.261 e. The van der Waals surface area contributed by atoms with Crippen LogP contribution in [0.15, 0.2) is 23.0 Å². The third kappa shape index (κ3) is 1.98. The zero-order valence-electron chi connectivity index (χ0n) is 11.2. The molecule has 0 unspecified atom stereocenters. The summed E-state index contributed by atoms with van der Waals surface area (Å²) >= 11 is 0. The predicted molar refractivity (Wildman–Crippen MR) is 72.2 cm³/mol. The lowest BCUT2D eigenvalue weighted by Crippen LogP contribution is -2.23. The van der Waals surface area contributed by atoms with Crippen molar-refractivity contribution < 1.29 is 4.74 Å². The van der Waals surface area contributed by atoms with Gasteiger partial charge < -0.3 is 4.74 Å². The second-order valence-electron chi connectivity index (χ2n) is 4.57. The Labute approximate surface area is 106 Å². The van der Waals surface area contributed by atoms with Crippen molar-refractivity contribution in [2.75, 3.05) is 6.61 Å². The standard InChI is InChI=1S/C14H18N2O2/c1-5-18-11-8-6-7-10-12(11)15-13(9(2)3)16(4)14(10)17/h6-9H,5H2,1-4H3. The topological polar surface area (TPSA) is 44.1 Å². The summed E-state index contributed by atoms with van der Waals surface area (Å²) in [6, 6.07) is 5.46. The fourth-order valence-electron chi connectivity index (χ4n) is 2.07. The number of para-hydroxylation sites is 1. The molecular formula is C14H18N2O2. The van der Waals surface area contributed by atoms with Crippen molar-refractivity contribution in [2.24, 2.45) is 7.05 Å². The summed E-state index contributed by atoms with van der Waals surface area (Å²) in [5.41, 5.74) is 0.636. The Morgan fingerprint density at radius 2 is 2.11 bits per heavy atom. The van der Waals surface area contributed by atoms with Gasteiger partial charge >= 0.3 is 0 Å². The number of nitrogens with zero attached hydrogens (tertiary/aromatic N) is 2. The molecule has 0 fully saturated rings. The summed E-state index contributed by atoms with van der Waals surface area (Å²) in [6.07, 6.45) is 0. The second kappa shape index (κ2) is 4.80. The fourth-order valence-corrected chi connectivity index (χ4v) is 2.07. The van der Waals surface area contributed by atoms with Gasteiger partial charge in [0.15, 0.2) is 0 Å². The number of hydrogen-bond donors (Lipinski definition) is 0. The van der Waals surface area contributed by atoms with E-state index in [1.807, 2.05) is 32.9 Å². The highest BCUT2D eigenvalue weighted by molar-refractivity contribution is 5.83. The fraction of sp³-hybridized carbons (Fsp3) is 0.429. The van der Waals surface area contributed by atoms with Crippen molar-refractivity contribution in [2.45, 2.75) is 26.7 Å². The van der Waals surface area contributed by atoms with Gasteiger partial charge in [-0.25, -0.2) is 4.98 Å². The Balaban J connectivity index is 2.83. The summed E-state index contributed by atoms with van der Waals surface area (Å²) in [6.45, 7) is 6.53. The largest absolute Gasteiger partial charge is 0.492 e. The van der Waals surface area contributed by atoms with Crippen LogP contribution in [0.3, 0.4) is 0 Å². The van der Waals surface area contributed by atoms with Crippen LogP contribution in [0.1, 0.15) is 32.5 Å². The lowest BCUT2D eigenvalue weighted by atomic mass is 10.1. The molecule has 0 aliphatic heterocycles. The van der Waals surface area contributed by atoms with Gasteiger partial charge in [0.2, 0.25) is 0 Å². The van der Waals surface area contributed by atoms with E-state index in [1.54, 1.807) is 17.7 Å². The summed E-state index contributed by atoms with van der Waals surface area (Å²) in [4.78, 5) is 16.9. The van der Waals surface area contributed by atoms with E-state index in [4.69, 9.17) is 4.74 Å². The van der Waals surface area contributed by atoms with Crippen LogP contribution in [0.4, 0.5) is 0 Å². The van der Waals surface area contributed by atoms with Crippen molar-refractivity contribution in [3.63, 3.8) is 0 Å². The van der Waals surface area contributed by atoms with E-state index in [-0.39, 0.29) is 11.5 Å². The summed E-state index contributed by atoms with van der Waals surface area (Å²) in [5, 5.41) is 0.604. The Hall–Kier alpha value is -1.84. The molecule has 0 N–H and O–H groups in total. The molecule has 4 nitrogen and oxygen atoms in total. The van der Waals surface area contributed by atoms with E-state index in [9.17, 15) is 4.79 Å². The molecule has 0 aliphatic rings. The predicted octanol–water partition coefficient (Wildman–Crippen LogP) is 2.46. The van der Waals surface area contributed by atoms with Crippen molar-refractivity contribution in [3.8, 4) is 5.75 Å². The molecule has 2 aromatic rings. The van der Waals surface area contributed by atoms with Crippen LogP contribution in [0, 0.1) is 0 Å². The van der Waals surface area contributed by atoms with E-state index in [2.05, 4.69) is 4.98 Å². The Morgan fingerprint density at radius 3 is 2.72 bits per heavy atom. The molecule has 0 atom stereocenters. The molecule has 2 rings (SSSR count). The quantitative estimate of drug-likeness (QED) is 0.835. The monoisotopic (exact) mass is 246 g/mol. The summed E-state index contributed by atoms with van der Waals surface area (Å²) in [5.74, 6) is 1.65. The maximum Gasteiger partial charge on any atom is 0.261 e. The number of fused-ring (bicyclic) bond motifs is 1. The molecule has 0 aliphatic carbocycles. The van der Waals surface area contributed by atoms with Gasteiger partial charge in [-0.1, -0.05) is 19.9 Å². The number of aromatic nitrogens is 2.